The van der Waals surface area contributed by atoms with Crippen molar-refractivity contribution in [3.05, 3.63) is 51.9 Å². The maximum absolute atomic E-state index is 12.8. The Kier molecular flexibility index (Phi) is 5.48. The summed E-state index contributed by atoms with van der Waals surface area (Å²) in [5, 5.41) is 3.43. The summed E-state index contributed by atoms with van der Waals surface area (Å²) >= 11 is 7.17. The van der Waals surface area contributed by atoms with Crippen LogP contribution < -0.4 is 5.32 Å². The molecule has 5 nitrogen and oxygen atoms in total. The Bertz CT molecular complexity index is 880. The number of hydrogen-bond acceptors (Lipinski definition) is 4. The molecule has 3 rings (SSSR count). The number of benzene rings is 1. The molecule has 1 N–H and O–H groups in total. The standard InChI is InChI=1S/C17H19ClN2O3S2/c1-12-7-8-16(24-12)25(22,23)20-9-3-6-15(20)17(21)19-11-13-4-2-5-14(18)10-13/h2,4-5,7-8,10,15H,3,6,9,11H2,1H3,(H,19,21)/t15-/m0/s1. The van der Waals surface area contributed by atoms with Crippen molar-refractivity contribution in [3.63, 3.8) is 0 Å². The molecule has 25 heavy (non-hydrogen) atoms. The zero-order chi connectivity index (χ0) is 18.0. The van der Waals surface area contributed by atoms with Crippen molar-refractivity contribution in [1.29, 1.82) is 0 Å². The molecule has 8 heteroatoms. The number of sulfonamides is 1. The minimum Gasteiger partial charge on any atom is -0.351 e. The summed E-state index contributed by atoms with van der Waals surface area (Å²) in [6.07, 6.45) is 1.21. The van der Waals surface area contributed by atoms with Crippen molar-refractivity contribution in [2.45, 2.75) is 36.6 Å². The smallest absolute Gasteiger partial charge is 0.253 e. The van der Waals surface area contributed by atoms with Gasteiger partial charge in [0, 0.05) is 23.0 Å². The predicted molar refractivity (Wildman–Crippen MR) is 99.3 cm³/mol. The quantitative estimate of drug-likeness (QED) is 0.841. The molecule has 0 unspecified atom stereocenters. The summed E-state index contributed by atoms with van der Waals surface area (Å²) in [4.78, 5) is 13.5. The minimum absolute atomic E-state index is 0.269. The van der Waals surface area contributed by atoms with Crippen molar-refractivity contribution >= 4 is 38.9 Å². The lowest BCUT2D eigenvalue weighted by atomic mass is 10.2. The molecule has 0 radical (unpaired) electrons. The highest BCUT2D eigenvalue weighted by Gasteiger charge is 2.39. The van der Waals surface area contributed by atoms with E-state index in [-0.39, 0.29) is 5.91 Å². The molecule has 2 heterocycles. The van der Waals surface area contributed by atoms with Crippen LogP contribution in [-0.4, -0.2) is 31.2 Å². The first-order valence-corrected chi connectivity index (χ1v) is 10.6. The van der Waals surface area contributed by atoms with Gasteiger partial charge in [-0.05, 0) is 49.6 Å². The molecule has 1 saturated heterocycles. The molecule has 1 aliphatic heterocycles. The molecule has 1 aliphatic rings. The van der Waals surface area contributed by atoms with E-state index in [9.17, 15) is 13.2 Å². The molecule has 0 aliphatic carbocycles. The van der Waals surface area contributed by atoms with E-state index in [0.29, 0.717) is 35.2 Å². The SMILES string of the molecule is Cc1ccc(S(=O)(=O)N2CCC[C@H]2C(=O)NCc2cccc(Cl)c2)s1. The topological polar surface area (TPSA) is 66.5 Å². The molecule has 1 aromatic heterocycles. The average molecular weight is 399 g/mol. The van der Waals surface area contributed by atoms with Gasteiger partial charge in [-0.15, -0.1) is 11.3 Å². The first kappa shape index (κ1) is 18.4. The number of halogens is 1. The normalized spacial score (nSPS) is 18.4. The van der Waals surface area contributed by atoms with E-state index >= 15 is 0 Å². The van der Waals surface area contributed by atoms with Crippen LogP contribution in [0.25, 0.3) is 0 Å². The van der Waals surface area contributed by atoms with Gasteiger partial charge in [0.05, 0.1) is 0 Å². The monoisotopic (exact) mass is 398 g/mol. The van der Waals surface area contributed by atoms with E-state index in [1.54, 1.807) is 24.3 Å². The van der Waals surface area contributed by atoms with Crippen molar-refractivity contribution in [1.82, 2.24) is 9.62 Å². The van der Waals surface area contributed by atoms with E-state index < -0.39 is 16.1 Å². The third-order valence-electron chi connectivity index (χ3n) is 4.14. The Morgan fingerprint density at radius 3 is 2.84 bits per heavy atom. The molecular weight excluding hydrogens is 380 g/mol. The van der Waals surface area contributed by atoms with Crippen molar-refractivity contribution < 1.29 is 13.2 Å². The number of thiophene rings is 1. The van der Waals surface area contributed by atoms with Crippen LogP contribution in [0.3, 0.4) is 0 Å². The average Bonchev–Trinajstić information content (AvgIpc) is 3.22. The highest BCUT2D eigenvalue weighted by molar-refractivity contribution is 7.91. The fourth-order valence-corrected chi connectivity index (χ4v) is 6.19. The number of amides is 1. The summed E-state index contributed by atoms with van der Waals surface area (Å²) in [6, 6.07) is 9.95. The second-order valence-corrected chi connectivity index (χ2v) is 9.83. The maximum Gasteiger partial charge on any atom is 0.253 e. The summed E-state index contributed by atoms with van der Waals surface area (Å²) in [5.41, 5.74) is 0.877. The molecule has 134 valence electrons. The highest BCUT2D eigenvalue weighted by atomic mass is 35.5. The van der Waals surface area contributed by atoms with Crippen molar-refractivity contribution in [3.8, 4) is 0 Å². The lowest BCUT2D eigenvalue weighted by Gasteiger charge is -2.22. The first-order valence-electron chi connectivity index (χ1n) is 7.98. The van der Waals surface area contributed by atoms with Gasteiger partial charge in [-0.1, -0.05) is 23.7 Å². The number of nitrogens with zero attached hydrogens (tertiary/aromatic N) is 1. The van der Waals surface area contributed by atoms with Crippen LogP contribution in [0.1, 0.15) is 23.3 Å². The Hall–Kier alpha value is -1.41. The molecule has 1 aromatic carbocycles. The third kappa shape index (κ3) is 4.06. The molecule has 1 fully saturated rings. The Morgan fingerprint density at radius 2 is 2.16 bits per heavy atom. The zero-order valence-corrected chi connectivity index (χ0v) is 16.1. The zero-order valence-electron chi connectivity index (χ0n) is 13.7. The molecule has 0 spiro atoms. The molecule has 0 bridgehead atoms. The van der Waals surface area contributed by atoms with E-state index in [1.807, 2.05) is 19.1 Å². The van der Waals surface area contributed by atoms with Crippen LogP contribution in [0.4, 0.5) is 0 Å². The first-order chi connectivity index (χ1) is 11.9. The van der Waals surface area contributed by atoms with Crippen LogP contribution in [0.15, 0.2) is 40.6 Å². The van der Waals surface area contributed by atoms with E-state index in [2.05, 4.69) is 5.32 Å². The van der Waals surface area contributed by atoms with Gasteiger partial charge in [0.1, 0.15) is 10.3 Å². The number of hydrogen-bond donors (Lipinski definition) is 1. The van der Waals surface area contributed by atoms with E-state index in [0.717, 1.165) is 10.4 Å². The Balaban J connectivity index is 1.71. The van der Waals surface area contributed by atoms with Gasteiger partial charge in [0.25, 0.3) is 10.0 Å². The Morgan fingerprint density at radius 1 is 1.36 bits per heavy atom. The van der Waals surface area contributed by atoms with Crippen LogP contribution in [0.2, 0.25) is 5.02 Å². The lowest BCUT2D eigenvalue weighted by molar-refractivity contribution is -0.124. The summed E-state index contributed by atoms with van der Waals surface area (Å²) in [7, 11) is -3.63. The summed E-state index contributed by atoms with van der Waals surface area (Å²) in [5.74, 6) is -0.269. The summed E-state index contributed by atoms with van der Waals surface area (Å²) < 4.78 is 27.3. The van der Waals surface area contributed by atoms with Crippen LogP contribution in [0, 0.1) is 6.92 Å². The van der Waals surface area contributed by atoms with Gasteiger partial charge >= 0.3 is 0 Å². The lowest BCUT2D eigenvalue weighted by Crippen LogP contribution is -2.45. The van der Waals surface area contributed by atoms with Crippen molar-refractivity contribution in [2.75, 3.05) is 6.54 Å². The molecule has 1 amide bonds. The fraction of sp³-hybridized carbons (Fsp3) is 0.353. The maximum atomic E-state index is 12.8. The Labute approximate surface area is 156 Å². The number of carbonyl (C=O) groups excluding carboxylic acids is 1. The molecular formula is C17H19ClN2O3S2. The molecule has 0 saturated carbocycles. The fourth-order valence-electron chi connectivity index (χ4n) is 2.91. The molecule has 1 atom stereocenters. The summed E-state index contributed by atoms with van der Waals surface area (Å²) in [6.45, 7) is 2.55. The van der Waals surface area contributed by atoms with Gasteiger partial charge < -0.3 is 5.32 Å². The number of nitrogens with one attached hydrogen (secondary N) is 1. The van der Waals surface area contributed by atoms with Gasteiger partial charge in [-0.2, -0.15) is 4.31 Å². The van der Waals surface area contributed by atoms with Gasteiger partial charge in [0.2, 0.25) is 5.91 Å². The predicted octanol–water partition coefficient (Wildman–Crippen LogP) is 3.18. The van der Waals surface area contributed by atoms with Gasteiger partial charge in [-0.3, -0.25) is 4.79 Å². The minimum atomic E-state index is -3.63. The van der Waals surface area contributed by atoms with Gasteiger partial charge in [0.15, 0.2) is 0 Å². The van der Waals surface area contributed by atoms with E-state index in [4.69, 9.17) is 11.6 Å². The molecule has 2 aromatic rings. The second kappa shape index (κ2) is 7.45. The number of rotatable bonds is 5. The van der Waals surface area contributed by atoms with Gasteiger partial charge in [-0.25, -0.2) is 8.42 Å². The van der Waals surface area contributed by atoms with Crippen LogP contribution >= 0.6 is 22.9 Å². The third-order valence-corrected chi connectivity index (χ3v) is 7.75. The largest absolute Gasteiger partial charge is 0.351 e. The van der Waals surface area contributed by atoms with Crippen LogP contribution in [0.5, 0.6) is 0 Å². The number of aryl methyl sites for hydroxylation is 1. The van der Waals surface area contributed by atoms with E-state index in [1.165, 1.54) is 15.6 Å². The van der Waals surface area contributed by atoms with Crippen LogP contribution in [-0.2, 0) is 21.4 Å². The van der Waals surface area contributed by atoms with Crippen molar-refractivity contribution in [2.24, 2.45) is 0 Å². The second-order valence-electron chi connectivity index (χ2n) is 5.99. The number of carbonyl (C=O) groups is 1. The highest BCUT2D eigenvalue weighted by Crippen LogP contribution is 2.30.